The Morgan fingerprint density at radius 3 is 2.72 bits per heavy atom. The summed E-state index contributed by atoms with van der Waals surface area (Å²) in [6.07, 6.45) is 5.88. The maximum Gasteiger partial charge on any atom is 0.232 e. The molecule has 1 aromatic heterocycles. The van der Waals surface area contributed by atoms with Crippen molar-refractivity contribution in [2.24, 2.45) is 5.92 Å². The van der Waals surface area contributed by atoms with Gasteiger partial charge in [-0.15, -0.1) is 0 Å². The highest BCUT2D eigenvalue weighted by Crippen LogP contribution is 2.34. The van der Waals surface area contributed by atoms with Crippen LogP contribution in [0.3, 0.4) is 0 Å². The largest absolute Gasteiger partial charge is 0.342 e. The Balaban J connectivity index is 1.33. The monoisotopic (exact) mass is 436 g/mol. The summed E-state index contributed by atoms with van der Waals surface area (Å²) in [6.45, 7) is 3.71. The lowest BCUT2D eigenvalue weighted by molar-refractivity contribution is -0.134. The van der Waals surface area contributed by atoms with Crippen molar-refractivity contribution in [3.8, 4) is 0 Å². The van der Waals surface area contributed by atoms with Crippen LogP contribution in [0.4, 0.5) is 10.2 Å². The van der Waals surface area contributed by atoms with Crippen LogP contribution in [0.2, 0.25) is 0 Å². The Morgan fingerprint density at radius 1 is 1.16 bits per heavy atom. The Bertz CT molecular complexity index is 1050. The molecular weight excluding hydrogens is 407 g/mol. The van der Waals surface area contributed by atoms with Crippen molar-refractivity contribution in [1.82, 2.24) is 14.9 Å². The number of amides is 2. The Morgan fingerprint density at radius 2 is 1.94 bits per heavy atom. The van der Waals surface area contributed by atoms with E-state index in [4.69, 9.17) is 9.97 Å². The van der Waals surface area contributed by atoms with E-state index in [0.29, 0.717) is 36.7 Å². The number of hydrogen-bond acceptors (Lipinski definition) is 4. The molecule has 0 unspecified atom stereocenters. The van der Waals surface area contributed by atoms with Gasteiger partial charge in [-0.25, -0.2) is 14.4 Å². The van der Waals surface area contributed by atoms with Crippen LogP contribution in [-0.4, -0.2) is 46.3 Å². The molecule has 2 aromatic rings. The molecule has 2 aliphatic heterocycles. The zero-order valence-corrected chi connectivity index (χ0v) is 18.5. The van der Waals surface area contributed by atoms with Gasteiger partial charge in [-0.05, 0) is 44.2 Å². The molecule has 1 aromatic carbocycles. The number of fused-ring (bicyclic) bond motifs is 1. The van der Waals surface area contributed by atoms with Gasteiger partial charge in [0.2, 0.25) is 11.8 Å². The molecule has 0 N–H and O–H groups in total. The molecule has 7 heteroatoms. The van der Waals surface area contributed by atoms with Gasteiger partial charge in [-0.1, -0.05) is 31.0 Å². The number of aromatic nitrogens is 2. The quantitative estimate of drug-likeness (QED) is 0.719. The summed E-state index contributed by atoms with van der Waals surface area (Å²) in [4.78, 5) is 38.7. The second-order valence-electron chi connectivity index (χ2n) is 9.28. The normalized spacial score (nSPS) is 20.9. The zero-order valence-electron chi connectivity index (χ0n) is 18.5. The number of benzene rings is 1. The van der Waals surface area contributed by atoms with E-state index in [9.17, 15) is 14.0 Å². The summed E-state index contributed by atoms with van der Waals surface area (Å²) in [5, 5.41) is 0. The number of rotatable bonds is 5. The molecule has 2 amide bonds. The molecule has 2 fully saturated rings. The lowest BCUT2D eigenvalue weighted by Gasteiger charge is -2.21. The summed E-state index contributed by atoms with van der Waals surface area (Å²) in [7, 11) is 0. The minimum Gasteiger partial charge on any atom is -0.342 e. The smallest absolute Gasteiger partial charge is 0.232 e. The molecule has 3 aliphatic rings. The Kier molecular flexibility index (Phi) is 5.66. The molecule has 1 saturated carbocycles. The number of likely N-dealkylation sites (tertiary alicyclic amines) is 1. The van der Waals surface area contributed by atoms with E-state index in [0.717, 1.165) is 49.9 Å². The second kappa shape index (κ2) is 8.60. The number of halogens is 1. The van der Waals surface area contributed by atoms with E-state index in [2.05, 4.69) is 0 Å². The lowest BCUT2D eigenvalue weighted by atomic mass is 10.1. The maximum atomic E-state index is 14.0. The Hall–Kier alpha value is -2.83. The molecule has 1 saturated heterocycles. The van der Waals surface area contributed by atoms with Gasteiger partial charge >= 0.3 is 0 Å². The van der Waals surface area contributed by atoms with Crippen molar-refractivity contribution in [2.75, 3.05) is 24.5 Å². The standard InChI is InChI=1S/C25H29FN4O2/c1-16-20-14-22(31)30(13-11-17-6-4-5-9-21(17)26)24(20)28-23(27-16)19-10-12-29(15-19)25(32)18-7-2-3-8-18/h4-6,9,18-19H,2-3,7-8,10-15H2,1H3/t19-/m1/s1. The maximum absolute atomic E-state index is 14.0. The molecule has 168 valence electrons. The van der Waals surface area contributed by atoms with Crippen LogP contribution < -0.4 is 4.90 Å². The minimum atomic E-state index is -0.253. The summed E-state index contributed by atoms with van der Waals surface area (Å²) >= 11 is 0. The fourth-order valence-electron chi connectivity index (χ4n) is 5.35. The van der Waals surface area contributed by atoms with Gasteiger partial charge in [0.05, 0.1) is 6.42 Å². The lowest BCUT2D eigenvalue weighted by Crippen LogP contribution is -2.33. The van der Waals surface area contributed by atoms with Crippen molar-refractivity contribution < 1.29 is 14.0 Å². The van der Waals surface area contributed by atoms with Crippen LogP contribution in [0.5, 0.6) is 0 Å². The predicted molar refractivity (Wildman–Crippen MR) is 119 cm³/mol. The SMILES string of the molecule is Cc1nc([C@@H]2CCN(C(=O)C3CCCC3)C2)nc2c1CC(=O)N2CCc1ccccc1F. The first-order valence-corrected chi connectivity index (χ1v) is 11.7. The van der Waals surface area contributed by atoms with Crippen molar-refractivity contribution >= 4 is 17.6 Å². The van der Waals surface area contributed by atoms with Gasteiger partial charge in [0.1, 0.15) is 17.5 Å². The van der Waals surface area contributed by atoms with Crippen LogP contribution in [0, 0.1) is 18.7 Å². The second-order valence-corrected chi connectivity index (χ2v) is 9.28. The number of anilines is 1. The summed E-state index contributed by atoms with van der Waals surface area (Å²) in [6, 6.07) is 6.67. The van der Waals surface area contributed by atoms with E-state index >= 15 is 0 Å². The number of nitrogens with zero attached hydrogens (tertiary/aromatic N) is 4. The predicted octanol–water partition coefficient (Wildman–Crippen LogP) is 3.56. The van der Waals surface area contributed by atoms with Crippen LogP contribution in [0.25, 0.3) is 0 Å². The summed E-state index contributed by atoms with van der Waals surface area (Å²) in [5.41, 5.74) is 2.29. The van der Waals surface area contributed by atoms with Gasteiger partial charge < -0.3 is 4.90 Å². The van der Waals surface area contributed by atoms with E-state index < -0.39 is 0 Å². The molecule has 5 rings (SSSR count). The third kappa shape index (κ3) is 3.89. The van der Waals surface area contributed by atoms with Crippen molar-refractivity contribution in [3.63, 3.8) is 0 Å². The third-order valence-corrected chi connectivity index (χ3v) is 7.23. The molecule has 6 nitrogen and oxygen atoms in total. The van der Waals surface area contributed by atoms with Crippen LogP contribution >= 0.6 is 0 Å². The molecule has 32 heavy (non-hydrogen) atoms. The van der Waals surface area contributed by atoms with Crippen molar-refractivity contribution in [1.29, 1.82) is 0 Å². The summed E-state index contributed by atoms with van der Waals surface area (Å²) in [5.74, 6) is 1.66. The summed E-state index contributed by atoms with van der Waals surface area (Å²) < 4.78 is 14.0. The molecule has 1 atom stereocenters. The highest BCUT2D eigenvalue weighted by molar-refractivity contribution is 6.00. The highest BCUT2D eigenvalue weighted by Gasteiger charge is 2.36. The first kappa shape index (κ1) is 21.0. The molecule has 0 spiro atoms. The van der Waals surface area contributed by atoms with Gasteiger partial charge in [-0.2, -0.15) is 0 Å². The van der Waals surface area contributed by atoms with Crippen molar-refractivity contribution in [2.45, 2.75) is 57.8 Å². The van der Waals surface area contributed by atoms with E-state index in [1.54, 1.807) is 23.1 Å². The van der Waals surface area contributed by atoms with Crippen LogP contribution in [0.15, 0.2) is 24.3 Å². The number of hydrogen-bond donors (Lipinski definition) is 0. The van der Waals surface area contributed by atoms with Gasteiger partial charge in [0, 0.05) is 42.7 Å². The third-order valence-electron chi connectivity index (χ3n) is 7.23. The molecule has 0 radical (unpaired) electrons. The topological polar surface area (TPSA) is 66.4 Å². The van der Waals surface area contributed by atoms with Gasteiger partial charge in [0.15, 0.2) is 0 Å². The fraction of sp³-hybridized carbons (Fsp3) is 0.520. The molecule has 3 heterocycles. The average Bonchev–Trinajstić information content (AvgIpc) is 3.53. The highest BCUT2D eigenvalue weighted by atomic mass is 19.1. The van der Waals surface area contributed by atoms with Crippen molar-refractivity contribution in [3.05, 3.63) is 52.7 Å². The number of carbonyl (C=O) groups is 2. The minimum absolute atomic E-state index is 0.0182. The van der Waals surface area contributed by atoms with Gasteiger partial charge in [0.25, 0.3) is 0 Å². The van der Waals surface area contributed by atoms with E-state index in [-0.39, 0.29) is 35.9 Å². The zero-order chi connectivity index (χ0) is 22.2. The van der Waals surface area contributed by atoms with Crippen LogP contribution in [-0.2, 0) is 22.4 Å². The number of aryl methyl sites for hydroxylation is 1. The molecular formula is C25H29FN4O2. The Labute approximate surface area is 187 Å². The van der Waals surface area contributed by atoms with E-state index in [1.165, 1.54) is 6.07 Å². The molecule has 0 bridgehead atoms. The fourth-order valence-corrected chi connectivity index (χ4v) is 5.35. The number of carbonyl (C=O) groups excluding carboxylic acids is 2. The first-order valence-electron chi connectivity index (χ1n) is 11.7. The first-order chi connectivity index (χ1) is 15.5. The van der Waals surface area contributed by atoms with Gasteiger partial charge in [-0.3, -0.25) is 14.5 Å². The van der Waals surface area contributed by atoms with E-state index in [1.807, 2.05) is 11.8 Å². The van der Waals surface area contributed by atoms with Crippen LogP contribution in [0.1, 0.15) is 60.7 Å². The average molecular weight is 437 g/mol. The molecule has 1 aliphatic carbocycles.